The number of methoxy groups -OCH3 is 1. The van der Waals surface area contributed by atoms with Gasteiger partial charge in [-0.3, -0.25) is 0 Å². The highest BCUT2D eigenvalue weighted by Crippen LogP contribution is 2.30. The molecule has 134 valence electrons. The van der Waals surface area contributed by atoms with E-state index in [1.807, 2.05) is 0 Å². The van der Waals surface area contributed by atoms with Gasteiger partial charge in [-0.25, -0.2) is 8.42 Å². The molecule has 1 aromatic heterocycles. The monoisotopic (exact) mass is 403 g/mol. The van der Waals surface area contributed by atoms with Gasteiger partial charge in [0.25, 0.3) is 0 Å². The van der Waals surface area contributed by atoms with Gasteiger partial charge in [-0.2, -0.15) is 4.31 Å². The van der Waals surface area contributed by atoms with Crippen molar-refractivity contribution in [2.75, 3.05) is 20.2 Å². The summed E-state index contributed by atoms with van der Waals surface area (Å²) >= 11 is 11.9. The molecule has 1 fully saturated rings. The van der Waals surface area contributed by atoms with Crippen molar-refractivity contribution in [2.24, 2.45) is 0 Å². The van der Waals surface area contributed by atoms with Crippen molar-refractivity contribution in [2.45, 2.75) is 17.4 Å². The molecule has 1 aromatic carbocycles. The van der Waals surface area contributed by atoms with Crippen LogP contribution in [0.4, 0.5) is 0 Å². The van der Waals surface area contributed by atoms with E-state index >= 15 is 0 Å². The number of hydrogen-bond donors (Lipinski definition) is 0. The Morgan fingerprint density at radius 2 is 1.88 bits per heavy atom. The number of hydrogen-bond acceptors (Lipinski definition) is 6. The van der Waals surface area contributed by atoms with Crippen LogP contribution in [-0.4, -0.2) is 49.2 Å². The Hall–Kier alpha value is -1.61. The fourth-order valence-electron chi connectivity index (χ4n) is 2.48. The number of aromatic nitrogens is 2. The Bertz CT molecular complexity index is 862. The smallest absolute Gasteiger partial charge is 0.244 e. The molecule has 0 saturated carbocycles. The Morgan fingerprint density at radius 1 is 1.16 bits per heavy atom. The predicted molar refractivity (Wildman–Crippen MR) is 92.8 cm³/mol. The van der Waals surface area contributed by atoms with E-state index in [0.717, 1.165) is 0 Å². The first-order valence-electron chi connectivity index (χ1n) is 7.40. The van der Waals surface area contributed by atoms with Crippen LogP contribution in [-0.2, 0) is 10.0 Å². The molecule has 1 aliphatic rings. The Morgan fingerprint density at radius 3 is 2.56 bits per heavy atom. The van der Waals surface area contributed by atoms with Gasteiger partial charge in [0.2, 0.25) is 21.8 Å². The van der Waals surface area contributed by atoms with E-state index in [4.69, 9.17) is 32.7 Å². The summed E-state index contributed by atoms with van der Waals surface area (Å²) in [4.78, 5) is -0.00782. The van der Waals surface area contributed by atoms with Gasteiger partial charge in [0.1, 0.15) is 11.0 Å². The van der Waals surface area contributed by atoms with Gasteiger partial charge in [-0.1, -0.05) is 23.2 Å². The number of nitrogens with zero attached hydrogens (tertiary/aromatic N) is 3. The summed E-state index contributed by atoms with van der Waals surface area (Å²) in [7, 11) is -2.26. The molecule has 7 nitrogen and oxygen atoms in total. The van der Waals surface area contributed by atoms with Crippen molar-refractivity contribution in [3.8, 4) is 11.8 Å². The lowest BCUT2D eigenvalue weighted by molar-refractivity contribution is 0.203. The zero-order valence-corrected chi connectivity index (χ0v) is 15.6. The molecular weight excluding hydrogens is 389 g/mol. The Kier molecular flexibility index (Phi) is 5.33. The fourth-order valence-corrected chi connectivity index (χ4v) is 4.70. The van der Waals surface area contributed by atoms with Crippen LogP contribution in [0, 0.1) is 0 Å². The van der Waals surface area contributed by atoms with Crippen LogP contribution < -0.4 is 9.47 Å². The molecular formula is C15H15Cl2N3O4S. The van der Waals surface area contributed by atoms with Crippen molar-refractivity contribution < 1.29 is 17.9 Å². The highest BCUT2D eigenvalue weighted by Gasteiger charge is 2.35. The molecule has 10 heteroatoms. The van der Waals surface area contributed by atoms with Gasteiger partial charge in [-0.05, 0) is 24.6 Å². The summed E-state index contributed by atoms with van der Waals surface area (Å²) in [5.74, 6) is 0.685. The number of rotatable bonds is 5. The zero-order chi connectivity index (χ0) is 18.0. The predicted octanol–water partition coefficient (Wildman–Crippen LogP) is 2.63. The van der Waals surface area contributed by atoms with Gasteiger partial charge in [-0.15, -0.1) is 10.2 Å². The quantitative estimate of drug-likeness (QED) is 0.762. The van der Waals surface area contributed by atoms with Crippen LogP contribution >= 0.6 is 23.2 Å². The average molecular weight is 404 g/mol. The molecule has 1 saturated heterocycles. The van der Waals surface area contributed by atoms with E-state index < -0.39 is 10.0 Å². The Labute approximate surface area is 155 Å². The van der Waals surface area contributed by atoms with E-state index in [1.54, 1.807) is 18.2 Å². The summed E-state index contributed by atoms with van der Waals surface area (Å²) in [6.45, 7) is 0.512. The molecule has 25 heavy (non-hydrogen) atoms. The molecule has 1 unspecified atom stereocenters. The summed E-state index contributed by atoms with van der Waals surface area (Å²) in [6, 6.07) is 7.60. The van der Waals surface area contributed by atoms with Crippen molar-refractivity contribution >= 4 is 33.2 Å². The van der Waals surface area contributed by atoms with Crippen LogP contribution in [0.2, 0.25) is 10.0 Å². The van der Waals surface area contributed by atoms with Gasteiger partial charge >= 0.3 is 0 Å². The van der Waals surface area contributed by atoms with Crippen LogP contribution in [0.15, 0.2) is 35.2 Å². The molecule has 2 heterocycles. The molecule has 0 radical (unpaired) electrons. The summed E-state index contributed by atoms with van der Waals surface area (Å²) in [6.07, 6.45) is 0.209. The average Bonchev–Trinajstić information content (AvgIpc) is 3.07. The van der Waals surface area contributed by atoms with Crippen molar-refractivity contribution in [1.82, 2.24) is 14.5 Å². The van der Waals surface area contributed by atoms with Gasteiger partial charge in [0.15, 0.2) is 0 Å². The number of ether oxygens (including phenoxy) is 2. The first-order chi connectivity index (χ1) is 11.9. The third-order valence-corrected chi connectivity index (χ3v) is 6.31. The molecule has 1 aliphatic heterocycles. The van der Waals surface area contributed by atoms with E-state index in [1.165, 1.54) is 23.5 Å². The normalized spacial score (nSPS) is 18.3. The lowest BCUT2D eigenvalue weighted by Gasteiger charge is -2.18. The highest BCUT2D eigenvalue weighted by molar-refractivity contribution is 7.89. The first-order valence-corrected chi connectivity index (χ1v) is 9.59. The summed E-state index contributed by atoms with van der Waals surface area (Å²) in [5.41, 5.74) is 0. The summed E-state index contributed by atoms with van der Waals surface area (Å²) in [5, 5.41) is 8.14. The lowest BCUT2D eigenvalue weighted by Crippen LogP contribution is -2.31. The summed E-state index contributed by atoms with van der Waals surface area (Å²) < 4.78 is 37.5. The third-order valence-electron chi connectivity index (χ3n) is 3.73. The van der Waals surface area contributed by atoms with Gasteiger partial charge < -0.3 is 9.47 Å². The highest BCUT2D eigenvalue weighted by atomic mass is 35.5. The van der Waals surface area contributed by atoms with Gasteiger partial charge in [0.05, 0.1) is 18.7 Å². The number of benzene rings is 1. The standard InChI is InChI=1S/C15H15Cl2N3O4S/c1-23-14-4-5-15(19-18-14)24-11-6-7-20(9-11)25(21,22)13-8-10(16)2-3-12(13)17/h2-5,8,11H,6-7,9H2,1H3. The molecule has 1 atom stereocenters. The van der Waals surface area contributed by atoms with Crippen molar-refractivity contribution in [3.63, 3.8) is 0 Å². The molecule has 2 aromatic rings. The van der Waals surface area contributed by atoms with Crippen LogP contribution in [0.3, 0.4) is 0 Å². The SMILES string of the molecule is COc1ccc(OC2CCN(S(=O)(=O)c3cc(Cl)ccc3Cl)C2)nn1. The Balaban J connectivity index is 1.72. The lowest BCUT2D eigenvalue weighted by atomic mass is 10.3. The topological polar surface area (TPSA) is 81.6 Å². The largest absolute Gasteiger partial charge is 0.480 e. The number of sulfonamides is 1. The first kappa shape index (κ1) is 18.2. The molecule has 0 aliphatic carbocycles. The van der Waals surface area contributed by atoms with E-state index in [9.17, 15) is 8.42 Å². The maximum Gasteiger partial charge on any atom is 0.244 e. The van der Waals surface area contributed by atoms with Crippen molar-refractivity contribution in [3.05, 3.63) is 40.4 Å². The molecule has 0 bridgehead atoms. The van der Waals surface area contributed by atoms with E-state index in [2.05, 4.69) is 10.2 Å². The molecule has 0 amide bonds. The van der Waals surface area contributed by atoms with Gasteiger partial charge in [0, 0.05) is 23.7 Å². The van der Waals surface area contributed by atoms with E-state index in [-0.39, 0.29) is 22.6 Å². The maximum atomic E-state index is 12.8. The molecule has 3 rings (SSSR count). The van der Waals surface area contributed by atoms with Crippen LogP contribution in [0.1, 0.15) is 6.42 Å². The fraction of sp³-hybridized carbons (Fsp3) is 0.333. The second kappa shape index (κ2) is 7.33. The second-order valence-electron chi connectivity index (χ2n) is 5.38. The minimum Gasteiger partial charge on any atom is -0.480 e. The number of halogens is 2. The van der Waals surface area contributed by atoms with Crippen LogP contribution in [0.25, 0.3) is 0 Å². The second-order valence-corrected chi connectivity index (χ2v) is 8.13. The molecule has 0 N–H and O–H groups in total. The minimum absolute atomic E-state index is 0.00782. The third kappa shape index (κ3) is 3.98. The zero-order valence-electron chi connectivity index (χ0n) is 13.2. The van der Waals surface area contributed by atoms with Crippen LogP contribution in [0.5, 0.6) is 11.8 Å². The van der Waals surface area contributed by atoms with E-state index in [0.29, 0.717) is 29.7 Å². The molecule has 0 spiro atoms. The minimum atomic E-state index is -3.75. The maximum absolute atomic E-state index is 12.8. The van der Waals surface area contributed by atoms with Crippen molar-refractivity contribution in [1.29, 1.82) is 0 Å².